The maximum Gasteiger partial charge on any atom is 0.258 e. The summed E-state index contributed by atoms with van der Waals surface area (Å²) < 4.78 is 58.6. The van der Waals surface area contributed by atoms with Crippen LogP contribution < -0.4 is 16.0 Å². The molecule has 3 aromatic rings. The maximum absolute atomic E-state index is 15.4. The van der Waals surface area contributed by atoms with Crippen molar-refractivity contribution in [2.75, 3.05) is 23.3 Å². The van der Waals surface area contributed by atoms with Crippen LogP contribution in [0.5, 0.6) is 0 Å². The molecule has 2 aromatic carbocycles. The summed E-state index contributed by atoms with van der Waals surface area (Å²) in [6, 6.07) is 4.63. The van der Waals surface area contributed by atoms with Crippen LogP contribution in [-0.4, -0.2) is 30.0 Å². The lowest BCUT2D eigenvalue weighted by molar-refractivity contribution is 0.102. The van der Waals surface area contributed by atoms with Gasteiger partial charge < -0.3 is 16.0 Å². The van der Waals surface area contributed by atoms with Crippen molar-refractivity contribution in [1.82, 2.24) is 4.98 Å². The third-order valence-corrected chi connectivity index (χ3v) is 6.77. The lowest BCUT2D eigenvalue weighted by atomic mass is 9.95. The zero-order valence-corrected chi connectivity index (χ0v) is 22.2. The molecule has 0 unspecified atom stereocenters. The molecule has 1 saturated heterocycles. The Kier molecular flexibility index (Phi) is 9.28. The number of anilines is 2. The van der Waals surface area contributed by atoms with E-state index in [9.17, 15) is 18.0 Å². The number of amides is 1. The molecule has 0 spiro atoms. The molecule has 1 saturated carbocycles. The van der Waals surface area contributed by atoms with Crippen LogP contribution in [0.1, 0.15) is 48.0 Å². The number of aromatic nitrogens is 1. The molecule has 2 heterocycles. The number of carbonyl (C=O) groups excluding carboxylic acids is 1. The Labute approximate surface area is 230 Å². The van der Waals surface area contributed by atoms with E-state index in [-0.39, 0.29) is 30.9 Å². The molecule has 5 rings (SSSR count). The highest BCUT2D eigenvalue weighted by atomic mass is 35.5. The molecule has 1 aromatic heterocycles. The Morgan fingerprint density at radius 2 is 1.63 bits per heavy atom. The van der Waals surface area contributed by atoms with Gasteiger partial charge in [0.1, 0.15) is 23.3 Å². The smallest absolute Gasteiger partial charge is 0.258 e. The molecule has 1 aliphatic heterocycles. The highest BCUT2D eigenvalue weighted by Crippen LogP contribution is 2.47. The number of nitrogens with two attached hydrogens (primary N) is 1. The second-order valence-electron chi connectivity index (χ2n) is 9.74. The van der Waals surface area contributed by atoms with E-state index in [0.717, 1.165) is 67.4 Å². The van der Waals surface area contributed by atoms with Crippen LogP contribution in [0, 0.1) is 29.2 Å². The third kappa shape index (κ3) is 5.75. The number of carbonyl (C=O) groups is 1. The van der Waals surface area contributed by atoms with E-state index in [1.54, 1.807) is 6.20 Å². The average molecular weight is 571 g/mol. The van der Waals surface area contributed by atoms with Crippen molar-refractivity contribution in [3.63, 3.8) is 0 Å². The summed E-state index contributed by atoms with van der Waals surface area (Å²) in [5.74, 6) is -5.02. The Morgan fingerprint density at radius 3 is 2.26 bits per heavy atom. The third-order valence-electron chi connectivity index (χ3n) is 6.77. The van der Waals surface area contributed by atoms with Crippen molar-refractivity contribution < 1.29 is 22.4 Å². The van der Waals surface area contributed by atoms with Crippen LogP contribution >= 0.6 is 24.8 Å². The van der Waals surface area contributed by atoms with Crippen LogP contribution in [-0.2, 0) is 0 Å². The fourth-order valence-corrected chi connectivity index (χ4v) is 5.07. The normalized spacial score (nSPS) is 18.8. The molecule has 5 nitrogen and oxygen atoms in total. The molecule has 2 atom stereocenters. The van der Waals surface area contributed by atoms with Crippen LogP contribution in [0.3, 0.4) is 0 Å². The fourth-order valence-electron chi connectivity index (χ4n) is 5.07. The minimum absolute atomic E-state index is 0. The van der Waals surface area contributed by atoms with Gasteiger partial charge in [0.15, 0.2) is 0 Å². The van der Waals surface area contributed by atoms with Gasteiger partial charge >= 0.3 is 0 Å². The van der Waals surface area contributed by atoms with Crippen molar-refractivity contribution in [2.24, 2.45) is 11.7 Å². The highest BCUT2D eigenvalue weighted by Gasteiger charge is 2.33. The molecule has 1 aliphatic carbocycles. The lowest BCUT2D eigenvalue weighted by Crippen LogP contribution is -2.47. The summed E-state index contributed by atoms with van der Waals surface area (Å²) in [5, 5.41) is 2.71. The first-order chi connectivity index (χ1) is 17.2. The minimum Gasteiger partial charge on any atom is -0.368 e. The van der Waals surface area contributed by atoms with Gasteiger partial charge in [0.05, 0.1) is 34.3 Å². The standard InChI is InChI=1S/C27H26F4N4O.2ClH/c1-14-9-16(32)13-35(12-14)26-18(15-5-6-15)10-33-11-22(26)34-27(36)17-7-8-21(30)24(25(17)31)23-19(28)3-2-4-20(23)29;;/h2-4,7-8,10-11,14-16H,5-6,9,12-13,32H2,1H3,(H,34,36);2*1H/t14-,16+;;/m1../s1. The van der Waals surface area contributed by atoms with Gasteiger partial charge in [-0.05, 0) is 60.9 Å². The molecule has 2 aliphatic rings. The summed E-state index contributed by atoms with van der Waals surface area (Å²) in [6.45, 7) is 3.44. The van der Waals surface area contributed by atoms with E-state index in [2.05, 4.69) is 22.1 Å². The molecular formula is C27H28Cl2F4N4O. The SMILES string of the molecule is C[C@@H]1C[C@H](N)CN(c2c(NC(=O)c3ccc(F)c(-c4c(F)cccc4F)c3F)cncc2C2CC2)C1.Cl.Cl. The van der Waals surface area contributed by atoms with Gasteiger partial charge in [-0.1, -0.05) is 13.0 Å². The number of rotatable bonds is 5. The summed E-state index contributed by atoms with van der Waals surface area (Å²) in [7, 11) is 0. The van der Waals surface area contributed by atoms with Gasteiger partial charge in [-0.15, -0.1) is 24.8 Å². The summed E-state index contributed by atoms with van der Waals surface area (Å²) in [6.07, 6.45) is 6.17. The molecule has 0 radical (unpaired) electrons. The molecule has 2 fully saturated rings. The van der Waals surface area contributed by atoms with Gasteiger partial charge in [-0.3, -0.25) is 9.78 Å². The molecule has 1 amide bonds. The Morgan fingerprint density at radius 1 is 0.974 bits per heavy atom. The first-order valence-electron chi connectivity index (χ1n) is 12.0. The minimum atomic E-state index is -1.35. The number of nitrogens with one attached hydrogen (secondary N) is 1. The monoisotopic (exact) mass is 570 g/mol. The maximum atomic E-state index is 15.4. The van der Waals surface area contributed by atoms with Gasteiger partial charge in [0.2, 0.25) is 0 Å². The van der Waals surface area contributed by atoms with E-state index in [1.807, 2.05) is 0 Å². The van der Waals surface area contributed by atoms with Crippen LogP contribution in [0.25, 0.3) is 11.1 Å². The first-order valence-corrected chi connectivity index (χ1v) is 12.0. The number of halogens is 6. The Balaban J connectivity index is 0.00000200. The molecule has 204 valence electrons. The van der Waals surface area contributed by atoms with Crippen LogP contribution in [0.4, 0.5) is 28.9 Å². The molecule has 38 heavy (non-hydrogen) atoms. The number of benzene rings is 2. The summed E-state index contributed by atoms with van der Waals surface area (Å²) in [4.78, 5) is 19.6. The number of hydrogen-bond acceptors (Lipinski definition) is 4. The Hall–Kier alpha value is -2.88. The largest absolute Gasteiger partial charge is 0.368 e. The number of pyridine rings is 1. The molecule has 11 heteroatoms. The predicted octanol–water partition coefficient (Wildman–Crippen LogP) is 6.45. The zero-order chi connectivity index (χ0) is 25.6. The molecular weight excluding hydrogens is 543 g/mol. The summed E-state index contributed by atoms with van der Waals surface area (Å²) in [5.41, 5.74) is 6.11. The van der Waals surface area contributed by atoms with Crippen molar-refractivity contribution in [3.8, 4) is 11.1 Å². The van der Waals surface area contributed by atoms with Gasteiger partial charge in [0.25, 0.3) is 5.91 Å². The molecule has 0 bridgehead atoms. The van der Waals surface area contributed by atoms with Crippen molar-refractivity contribution in [1.29, 1.82) is 0 Å². The van der Waals surface area contributed by atoms with Crippen LogP contribution in [0.2, 0.25) is 0 Å². The zero-order valence-electron chi connectivity index (χ0n) is 20.5. The van der Waals surface area contributed by atoms with E-state index < -0.39 is 45.9 Å². The number of nitrogens with zero attached hydrogens (tertiary/aromatic N) is 2. The molecule has 3 N–H and O–H groups in total. The average Bonchev–Trinajstić information content (AvgIpc) is 3.65. The van der Waals surface area contributed by atoms with Crippen molar-refractivity contribution >= 4 is 42.1 Å². The number of hydrogen-bond donors (Lipinski definition) is 2. The van der Waals surface area contributed by atoms with Crippen molar-refractivity contribution in [3.05, 3.63) is 77.1 Å². The highest BCUT2D eigenvalue weighted by molar-refractivity contribution is 6.07. The number of piperidine rings is 1. The predicted molar refractivity (Wildman–Crippen MR) is 144 cm³/mol. The summed E-state index contributed by atoms with van der Waals surface area (Å²) >= 11 is 0. The second kappa shape index (κ2) is 11.9. The quantitative estimate of drug-likeness (QED) is 0.346. The van der Waals surface area contributed by atoms with Gasteiger partial charge in [-0.2, -0.15) is 0 Å². The van der Waals surface area contributed by atoms with E-state index in [1.165, 1.54) is 6.20 Å². The van der Waals surface area contributed by atoms with E-state index in [0.29, 0.717) is 24.1 Å². The van der Waals surface area contributed by atoms with Gasteiger partial charge in [-0.25, -0.2) is 17.6 Å². The van der Waals surface area contributed by atoms with Crippen LogP contribution in [0.15, 0.2) is 42.7 Å². The van der Waals surface area contributed by atoms with Crippen molar-refractivity contribution in [2.45, 2.75) is 38.1 Å². The topological polar surface area (TPSA) is 71.2 Å². The fraction of sp³-hybridized carbons (Fsp3) is 0.333. The Bertz CT molecular complexity index is 1310. The van der Waals surface area contributed by atoms with Gasteiger partial charge in [0, 0.05) is 25.3 Å². The van der Waals surface area contributed by atoms with E-state index in [4.69, 9.17) is 5.73 Å². The first kappa shape index (κ1) is 29.7. The van der Waals surface area contributed by atoms with E-state index >= 15 is 4.39 Å². The lowest BCUT2D eigenvalue weighted by Gasteiger charge is -2.38. The second-order valence-corrected chi connectivity index (χ2v) is 9.74.